The highest BCUT2D eigenvalue weighted by Gasteiger charge is 2.17. The van der Waals surface area contributed by atoms with Crippen molar-refractivity contribution in [1.29, 1.82) is 0 Å². The fourth-order valence-corrected chi connectivity index (χ4v) is 3.37. The van der Waals surface area contributed by atoms with E-state index >= 15 is 0 Å². The number of benzene rings is 1. The molecule has 0 unspecified atom stereocenters. The van der Waals surface area contributed by atoms with Crippen molar-refractivity contribution in [3.8, 4) is 0 Å². The lowest BCUT2D eigenvalue weighted by Crippen LogP contribution is -2.06. The largest absolute Gasteiger partial charge is 0.379 e. The van der Waals surface area contributed by atoms with E-state index in [9.17, 15) is 13.0 Å². The van der Waals surface area contributed by atoms with Crippen molar-refractivity contribution in [3.63, 3.8) is 0 Å². The van der Waals surface area contributed by atoms with Crippen molar-refractivity contribution in [2.24, 2.45) is 0 Å². The van der Waals surface area contributed by atoms with E-state index in [1.807, 2.05) is 0 Å². The maximum atomic E-state index is 11.4. The molecule has 1 aromatic carbocycles. The highest BCUT2D eigenvalue weighted by molar-refractivity contribution is 7.86. The molecular formula is C11H10Cl2N2O3S2. The molecule has 0 saturated carbocycles. The molecule has 0 radical (unpaired) electrons. The number of hydrogen-bond donors (Lipinski definition) is 2. The van der Waals surface area contributed by atoms with E-state index < -0.39 is 10.1 Å². The van der Waals surface area contributed by atoms with E-state index in [1.165, 1.54) is 23.5 Å². The lowest BCUT2D eigenvalue weighted by atomic mass is 10.2. The minimum absolute atomic E-state index is 0.213. The van der Waals surface area contributed by atoms with Gasteiger partial charge in [-0.05, 0) is 24.6 Å². The highest BCUT2D eigenvalue weighted by Crippen LogP contribution is 2.29. The second-order valence-electron chi connectivity index (χ2n) is 4.01. The van der Waals surface area contributed by atoms with Gasteiger partial charge < -0.3 is 5.32 Å². The van der Waals surface area contributed by atoms with Gasteiger partial charge in [0.25, 0.3) is 10.1 Å². The number of aromatic nitrogens is 1. The Morgan fingerprint density at radius 3 is 2.65 bits per heavy atom. The van der Waals surface area contributed by atoms with Gasteiger partial charge in [0.1, 0.15) is 4.90 Å². The summed E-state index contributed by atoms with van der Waals surface area (Å²) in [7, 11) is -4.33. The molecule has 0 aliphatic rings. The predicted octanol–water partition coefficient (Wildman–Crippen LogP) is 3.62. The zero-order valence-corrected chi connectivity index (χ0v) is 13.4. The van der Waals surface area contributed by atoms with E-state index in [0.29, 0.717) is 21.6 Å². The Morgan fingerprint density at radius 2 is 2.10 bits per heavy atom. The molecule has 0 amide bonds. The topological polar surface area (TPSA) is 79.3 Å². The van der Waals surface area contributed by atoms with Gasteiger partial charge in [-0.3, -0.25) is 4.55 Å². The van der Waals surface area contributed by atoms with Crippen LogP contribution in [0, 0.1) is 6.92 Å². The van der Waals surface area contributed by atoms with Crippen molar-refractivity contribution < 1.29 is 13.0 Å². The van der Waals surface area contributed by atoms with E-state index in [4.69, 9.17) is 23.2 Å². The summed E-state index contributed by atoms with van der Waals surface area (Å²) in [5, 5.41) is 3.31. The molecule has 108 valence electrons. The number of rotatable bonds is 4. The fraction of sp³-hybridized carbons (Fsp3) is 0.182. The lowest BCUT2D eigenvalue weighted by molar-refractivity contribution is 0.483. The molecule has 9 heteroatoms. The first-order valence-electron chi connectivity index (χ1n) is 5.39. The number of nitrogens with zero attached hydrogens (tertiary/aromatic N) is 1. The Hall–Kier alpha value is -0.860. The molecule has 0 aliphatic carbocycles. The maximum Gasteiger partial charge on any atom is 0.296 e. The Labute approximate surface area is 130 Å². The zero-order chi connectivity index (χ0) is 14.9. The lowest BCUT2D eigenvalue weighted by Gasteiger charge is -2.11. The molecule has 0 saturated heterocycles. The molecule has 0 atom stereocenters. The zero-order valence-electron chi connectivity index (χ0n) is 10.2. The fourth-order valence-electron chi connectivity index (χ4n) is 1.55. The van der Waals surface area contributed by atoms with Gasteiger partial charge >= 0.3 is 0 Å². The van der Waals surface area contributed by atoms with E-state index in [1.54, 1.807) is 13.1 Å². The van der Waals surface area contributed by atoms with Gasteiger partial charge in [0.2, 0.25) is 0 Å². The first-order valence-corrected chi connectivity index (χ1v) is 8.40. The summed E-state index contributed by atoms with van der Waals surface area (Å²) in [6.45, 7) is 1.98. The van der Waals surface area contributed by atoms with E-state index in [-0.39, 0.29) is 10.6 Å². The van der Waals surface area contributed by atoms with Crippen LogP contribution in [0.1, 0.15) is 10.4 Å². The standard InChI is InChI=1S/C11H10Cl2N2O3S2/c1-6-2-10(20(16,17)18)9(3-8(6)12)14-4-7-5-15-11(13)19-7/h2-3,5,14H,4H2,1H3,(H,16,17,18). The number of aryl methyl sites for hydroxylation is 1. The predicted molar refractivity (Wildman–Crippen MR) is 80.5 cm³/mol. The molecule has 1 aromatic heterocycles. The summed E-state index contributed by atoms with van der Waals surface area (Å²) >= 11 is 13.0. The average Bonchev–Trinajstić information content (AvgIpc) is 2.75. The highest BCUT2D eigenvalue weighted by atomic mass is 35.5. The second-order valence-corrected chi connectivity index (χ2v) is 7.50. The van der Waals surface area contributed by atoms with Crippen molar-refractivity contribution in [1.82, 2.24) is 4.98 Å². The SMILES string of the molecule is Cc1cc(S(=O)(=O)O)c(NCc2cnc(Cl)s2)cc1Cl. The summed E-state index contributed by atoms with van der Waals surface area (Å²) in [6, 6.07) is 2.78. The van der Waals surface area contributed by atoms with Gasteiger partial charge in [0.15, 0.2) is 4.47 Å². The number of nitrogens with one attached hydrogen (secondary N) is 1. The Morgan fingerprint density at radius 1 is 1.40 bits per heavy atom. The van der Waals surface area contributed by atoms with E-state index in [0.717, 1.165) is 4.88 Å². The maximum absolute atomic E-state index is 11.4. The van der Waals surface area contributed by atoms with Gasteiger partial charge in [0, 0.05) is 16.1 Å². The molecule has 20 heavy (non-hydrogen) atoms. The minimum Gasteiger partial charge on any atom is -0.379 e. The summed E-state index contributed by atoms with van der Waals surface area (Å²) in [4.78, 5) is 4.50. The summed E-state index contributed by atoms with van der Waals surface area (Å²) in [6.07, 6.45) is 1.59. The van der Waals surface area contributed by atoms with Crippen LogP contribution < -0.4 is 5.32 Å². The van der Waals surface area contributed by atoms with Gasteiger partial charge in [-0.15, -0.1) is 11.3 Å². The van der Waals surface area contributed by atoms with Crippen LogP contribution in [0.5, 0.6) is 0 Å². The molecule has 0 spiro atoms. The quantitative estimate of drug-likeness (QED) is 0.821. The molecule has 0 fully saturated rings. The van der Waals surface area contributed by atoms with Crippen molar-refractivity contribution in [2.75, 3.05) is 5.32 Å². The number of thiazole rings is 1. The van der Waals surface area contributed by atoms with Crippen molar-refractivity contribution in [3.05, 3.63) is 38.3 Å². The van der Waals surface area contributed by atoms with Crippen LogP contribution in [0.4, 0.5) is 5.69 Å². The Kier molecular flexibility index (Phi) is 4.55. The van der Waals surface area contributed by atoms with Crippen LogP contribution in [-0.2, 0) is 16.7 Å². The molecule has 5 nitrogen and oxygen atoms in total. The van der Waals surface area contributed by atoms with Crippen LogP contribution in [0.15, 0.2) is 23.2 Å². The van der Waals surface area contributed by atoms with Gasteiger partial charge in [-0.2, -0.15) is 8.42 Å². The average molecular weight is 353 g/mol. The van der Waals surface area contributed by atoms with Gasteiger partial charge in [-0.1, -0.05) is 23.2 Å². The summed E-state index contributed by atoms with van der Waals surface area (Å²) in [5.74, 6) is 0. The molecule has 2 rings (SSSR count). The summed E-state index contributed by atoms with van der Waals surface area (Å²) in [5.41, 5.74) is 0.790. The van der Waals surface area contributed by atoms with Gasteiger partial charge in [-0.25, -0.2) is 4.98 Å². The smallest absolute Gasteiger partial charge is 0.296 e. The number of anilines is 1. The molecule has 0 aliphatic heterocycles. The van der Waals surface area contributed by atoms with Crippen LogP contribution in [-0.4, -0.2) is 18.0 Å². The summed E-state index contributed by atoms with van der Waals surface area (Å²) < 4.78 is 32.4. The minimum atomic E-state index is -4.33. The first-order chi connectivity index (χ1) is 9.27. The van der Waals surface area contributed by atoms with Crippen LogP contribution >= 0.6 is 34.5 Å². The van der Waals surface area contributed by atoms with Crippen LogP contribution in [0.2, 0.25) is 9.49 Å². The third kappa shape index (κ3) is 3.62. The molecule has 2 N–H and O–H groups in total. The first kappa shape index (κ1) is 15.5. The van der Waals surface area contributed by atoms with Crippen LogP contribution in [0.25, 0.3) is 0 Å². The molecule has 0 bridgehead atoms. The van der Waals surface area contributed by atoms with Crippen LogP contribution in [0.3, 0.4) is 0 Å². The monoisotopic (exact) mass is 352 g/mol. The third-order valence-electron chi connectivity index (χ3n) is 2.52. The number of halogens is 2. The van der Waals surface area contributed by atoms with E-state index in [2.05, 4.69) is 10.3 Å². The number of hydrogen-bond acceptors (Lipinski definition) is 5. The van der Waals surface area contributed by atoms with Crippen molar-refractivity contribution >= 4 is 50.3 Å². The second kappa shape index (κ2) is 5.87. The Balaban J connectivity index is 2.33. The van der Waals surface area contributed by atoms with Gasteiger partial charge in [0.05, 0.1) is 12.2 Å². The van der Waals surface area contributed by atoms with Crippen molar-refractivity contribution in [2.45, 2.75) is 18.4 Å². The Bertz CT molecular complexity index is 744. The normalized spacial score (nSPS) is 11.6. The molecule has 2 aromatic rings. The molecular weight excluding hydrogens is 343 g/mol. The third-order valence-corrected chi connectivity index (χ3v) is 4.93. The molecule has 1 heterocycles.